The molecule has 5 heteroatoms. The molecule has 0 amide bonds. The highest BCUT2D eigenvalue weighted by Crippen LogP contribution is 2.14. The molecule has 18 heavy (non-hydrogen) atoms. The Bertz CT molecular complexity index is 371. The second kappa shape index (κ2) is 7.54. The first-order valence-electron chi connectivity index (χ1n) is 6.25. The molecule has 1 N–H and O–H groups in total. The minimum absolute atomic E-state index is 0.0249. The number of halogens is 1. The summed E-state index contributed by atoms with van der Waals surface area (Å²) in [5.74, 6) is 1.08. The van der Waals surface area contributed by atoms with Gasteiger partial charge in [-0.2, -0.15) is 0 Å². The molecule has 1 heterocycles. The molecule has 1 aromatic rings. The van der Waals surface area contributed by atoms with Crippen molar-refractivity contribution < 1.29 is 4.74 Å². The van der Waals surface area contributed by atoms with Gasteiger partial charge in [-0.15, -0.1) is 11.6 Å². The normalized spacial score (nSPS) is 12.8. The number of aryl methyl sites for hydroxylation is 1. The van der Waals surface area contributed by atoms with Crippen LogP contribution in [-0.4, -0.2) is 35.6 Å². The van der Waals surface area contributed by atoms with Crippen molar-refractivity contribution in [1.82, 2.24) is 9.97 Å². The van der Waals surface area contributed by atoms with E-state index in [2.05, 4.69) is 29.1 Å². The summed E-state index contributed by atoms with van der Waals surface area (Å²) in [6.07, 6.45) is 0.823. The van der Waals surface area contributed by atoms with Gasteiger partial charge in [0.2, 0.25) is 5.95 Å². The van der Waals surface area contributed by atoms with Crippen LogP contribution < -0.4 is 5.32 Å². The van der Waals surface area contributed by atoms with Crippen molar-refractivity contribution in [2.75, 3.05) is 25.6 Å². The maximum Gasteiger partial charge on any atom is 0.223 e. The SMILES string of the molecule is COCC(Cl)CCNc1nc(C)cc(C(C)C)n1. The second-order valence-corrected chi connectivity index (χ2v) is 5.30. The van der Waals surface area contributed by atoms with E-state index in [1.54, 1.807) is 7.11 Å². The molecule has 0 spiro atoms. The molecular weight excluding hydrogens is 250 g/mol. The molecule has 4 nitrogen and oxygen atoms in total. The van der Waals surface area contributed by atoms with E-state index in [0.717, 1.165) is 24.4 Å². The van der Waals surface area contributed by atoms with Gasteiger partial charge >= 0.3 is 0 Å². The quantitative estimate of drug-likeness (QED) is 0.775. The maximum absolute atomic E-state index is 6.05. The van der Waals surface area contributed by atoms with Gasteiger partial charge < -0.3 is 10.1 Å². The van der Waals surface area contributed by atoms with Crippen LogP contribution in [0.4, 0.5) is 5.95 Å². The number of ether oxygens (including phenoxy) is 1. The Balaban J connectivity index is 2.51. The Morgan fingerprint density at radius 2 is 2.11 bits per heavy atom. The molecule has 0 fully saturated rings. The zero-order valence-corrected chi connectivity index (χ0v) is 12.3. The lowest BCUT2D eigenvalue weighted by Crippen LogP contribution is -2.15. The van der Waals surface area contributed by atoms with Crippen molar-refractivity contribution in [3.05, 3.63) is 17.5 Å². The Morgan fingerprint density at radius 3 is 2.72 bits per heavy atom. The number of hydrogen-bond donors (Lipinski definition) is 1. The zero-order chi connectivity index (χ0) is 13.5. The molecule has 1 aromatic heterocycles. The van der Waals surface area contributed by atoms with Crippen molar-refractivity contribution in [2.24, 2.45) is 0 Å². The first kappa shape index (κ1) is 15.2. The fourth-order valence-electron chi connectivity index (χ4n) is 1.57. The van der Waals surface area contributed by atoms with E-state index in [0.29, 0.717) is 18.5 Å². The highest BCUT2D eigenvalue weighted by molar-refractivity contribution is 6.20. The monoisotopic (exact) mass is 271 g/mol. The number of hydrogen-bond acceptors (Lipinski definition) is 4. The molecule has 0 aliphatic heterocycles. The third-order valence-electron chi connectivity index (χ3n) is 2.55. The minimum Gasteiger partial charge on any atom is -0.383 e. The Hall–Kier alpha value is -0.870. The molecule has 1 unspecified atom stereocenters. The maximum atomic E-state index is 6.05. The lowest BCUT2D eigenvalue weighted by molar-refractivity contribution is 0.196. The van der Waals surface area contributed by atoms with E-state index < -0.39 is 0 Å². The average Bonchev–Trinajstić information content (AvgIpc) is 2.28. The van der Waals surface area contributed by atoms with Gasteiger partial charge in [-0.05, 0) is 25.3 Å². The highest BCUT2D eigenvalue weighted by atomic mass is 35.5. The van der Waals surface area contributed by atoms with Crippen molar-refractivity contribution in [3.8, 4) is 0 Å². The topological polar surface area (TPSA) is 47.0 Å². The second-order valence-electron chi connectivity index (χ2n) is 4.68. The molecular formula is C13H22ClN3O. The van der Waals surface area contributed by atoms with Crippen LogP contribution in [0.2, 0.25) is 0 Å². The summed E-state index contributed by atoms with van der Waals surface area (Å²) in [5, 5.41) is 3.23. The van der Waals surface area contributed by atoms with E-state index >= 15 is 0 Å². The van der Waals surface area contributed by atoms with Crippen LogP contribution in [0.5, 0.6) is 0 Å². The Morgan fingerprint density at radius 1 is 1.39 bits per heavy atom. The predicted molar refractivity (Wildman–Crippen MR) is 75.5 cm³/mol. The van der Waals surface area contributed by atoms with Crippen LogP contribution in [-0.2, 0) is 4.74 Å². The Labute approximate surface area is 114 Å². The lowest BCUT2D eigenvalue weighted by Gasteiger charge is -2.11. The fourth-order valence-corrected chi connectivity index (χ4v) is 1.81. The van der Waals surface area contributed by atoms with E-state index in [1.807, 2.05) is 13.0 Å². The molecule has 0 bridgehead atoms. The number of alkyl halides is 1. The summed E-state index contributed by atoms with van der Waals surface area (Å²) in [4.78, 5) is 8.84. The van der Waals surface area contributed by atoms with Crippen LogP contribution in [0.15, 0.2) is 6.07 Å². The fraction of sp³-hybridized carbons (Fsp3) is 0.692. The molecule has 0 radical (unpaired) electrons. The van der Waals surface area contributed by atoms with E-state index in [-0.39, 0.29) is 5.38 Å². The number of aromatic nitrogens is 2. The van der Waals surface area contributed by atoms with Gasteiger partial charge in [0.25, 0.3) is 0 Å². The molecule has 0 aromatic carbocycles. The van der Waals surface area contributed by atoms with Crippen LogP contribution >= 0.6 is 11.6 Å². The van der Waals surface area contributed by atoms with Gasteiger partial charge in [0, 0.05) is 25.0 Å². The number of nitrogens with zero attached hydrogens (tertiary/aromatic N) is 2. The number of anilines is 1. The summed E-state index contributed by atoms with van der Waals surface area (Å²) in [6.45, 7) is 7.54. The van der Waals surface area contributed by atoms with E-state index in [9.17, 15) is 0 Å². The van der Waals surface area contributed by atoms with Gasteiger partial charge in [-0.25, -0.2) is 9.97 Å². The van der Waals surface area contributed by atoms with E-state index in [1.165, 1.54) is 0 Å². The smallest absolute Gasteiger partial charge is 0.223 e. The van der Waals surface area contributed by atoms with Crippen LogP contribution in [0, 0.1) is 6.92 Å². The van der Waals surface area contributed by atoms with Crippen molar-refractivity contribution >= 4 is 17.5 Å². The molecule has 1 rings (SSSR count). The number of nitrogens with one attached hydrogen (secondary N) is 1. The largest absolute Gasteiger partial charge is 0.383 e. The third-order valence-corrected chi connectivity index (χ3v) is 2.90. The Kier molecular flexibility index (Phi) is 6.36. The summed E-state index contributed by atoms with van der Waals surface area (Å²) < 4.78 is 4.99. The van der Waals surface area contributed by atoms with Gasteiger partial charge in [0.15, 0.2) is 0 Å². The van der Waals surface area contributed by atoms with Gasteiger partial charge in [0.1, 0.15) is 0 Å². The zero-order valence-electron chi connectivity index (χ0n) is 11.5. The molecule has 0 saturated heterocycles. The van der Waals surface area contributed by atoms with Crippen LogP contribution in [0.25, 0.3) is 0 Å². The van der Waals surface area contributed by atoms with Crippen molar-refractivity contribution in [2.45, 2.75) is 38.5 Å². The summed E-state index contributed by atoms with van der Waals surface area (Å²) in [6, 6.07) is 2.02. The lowest BCUT2D eigenvalue weighted by atomic mass is 10.1. The molecule has 1 atom stereocenters. The number of methoxy groups -OCH3 is 1. The first-order chi connectivity index (χ1) is 8.52. The molecule has 0 aliphatic rings. The van der Waals surface area contributed by atoms with Crippen molar-refractivity contribution in [3.63, 3.8) is 0 Å². The van der Waals surface area contributed by atoms with Gasteiger partial charge in [-0.1, -0.05) is 13.8 Å². The minimum atomic E-state index is 0.0249. The summed E-state index contributed by atoms with van der Waals surface area (Å²) in [7, 11) is 1.65. The summed E-state index contributed by atoms with van der Waals surface area (Å²) >= 11 is 6.05. The average molecular weight is 272 g/mol. The number of rotatable bonds is 7. The molecule has 102 valence electrons. The molecule has 0 aliphatic carbocycles. The molecule has 0 saturated carbocycles. The van der Waals surface area contributed by atoms with Crippen molar-refractivity contribution in [1.29, 1.82) is 0 Å². The standard InChI is InChI=1S/C13H22ClN3O/c1-9(2)12-7-10(3)16-13(17-12)15-6-5-11(14)8-18-4/h7,9,11H,5-6,8H2,1-4H3,(H,15,16,17). The summed E-state index contributed by atoms with van der Waals surface area (Å²) in [5.41, 5.74) is 2.04. The first-order valence-corrected chi connectivity index (χ1v) is 6.69. The van der Waals surface area contributed by atoms with Crippen LogP contribution in [0.3, 0.4) is 0 Å². The highest BCUT2D eigenvalue weighted by Gasteiger charge is 2.07. The predicted octanol–water partition coefficient (Wildman–Crippen LogP) is 2.96. The van der Waals surface area contributed by atoms with E-state index in [4.69, 9.17) is 16.3 Å². The van der Waals surface area contributed by atoms with Gasteiger partial charge in [-0.3, -0.25) is 0 Å². The van der Waals surface area contributed by atoms with Crippen LogP contribution in [0.1, 0.15) is 37.6 Å². The third kappa shape index (κ3) is 5.19. The van der Waals surface area contributed by atoms with Gasteiger partial charge in [0.05, 0.1) is 12.0 Å².